The van der Waals surface area contributed by atoms with Crippen LogP contribution in [0.3, 0.4) is 0 Å². The SMILES string of the molecule is CCCc1c(NC)ncnc1OCc1ccccc1. The van der Waals surface area contributed by atoms with Gasteiger partial charge in [-0.05, 0) is 12.0 Å². The van der Waals surface area contributed by atoms with E-state index in [9.17, 15) is 0 Å². The molecule has 1 aromatic heterocycles. The van der Waals surface area contributed by atoms with E-state index < -0.39 is 0 Å². The molecular weight excluding hydrogens is 238 g/mol. The maximum absolute atomic E-state index is 5.83. The van der Waals surface area contributed by atoms with Crippen LogP contribution in [-0.2, 0) is 13.0 Å². The lowest BCUT2D eigenvalue weighted by molar-refractivity contribution is 0.290. The Kier molecular flexibility index (Phi) is 4.72. The second-order valence-corrected chi connectivity index (χ2v) is 4.28. The molecule has 0 aliphatic carbocycles. The van der Waals surface area contributed by atoms with Crippen LogP contribution in [0.2, 0.25) is 0 Å². The lowest BCUT2D eigenvalue weighted by Crippen LogP contribution is -2.05. The third kappa shape index (κ3) is 3.44. The number of anilines is 1. The van der Waals surface area contributed by atoms with E-state index in [4.69, 9.17) is 4.74 Å². The number of hydrogen-bond acceptors (Lipinski definition) is 4. The summed E-state index contributed by atoms with van der Waals surface area (Å²) in [6, 6.07) is 10.1. The van der Waals surface area contributed by atoms with E-state index in [2.05, 4.69) is 22.2 Å². The second kappa shape index (κ2) is 6.73. The average molecular weight is 257 g/mol. The van der Waals surface area contributed by atoms with Crippen LogP contribution < -0.4 is 10.1 Å². The highest BCUT2D eigenvalue weighted by atomic mass is 16.5. The van der Waals surface area contributed by atoms with E-state index in [0.29, 0.717) is 12.5 Å². The second-order valence-electron chi connectivity index (χ2n) is 4.28. The summed E-state index contributed by atoms with van der Waals surface area (Å²) in [4.78, 5) is 8.48. The number of benzene rings is 1. The summed E-state index contributed by atoms with van der Waals surface area (Å²) in [5, 5.41) is 3.09. The van der Waals surface area contributed by atoms with Crippen molar-refractivity contribution in [1.82, 2.24) is 9.97 Å². The van der Waals surface area contributed by atoms with Crippen molar-refractivity contribution in [3.63, 3.8) is 0 Å². The van der Waals surface area contributed by atoms with Gasteiger partial charge >= 0.3 is 0 Å². The average Bonchev–Trinajstić information content (AvgIpc) is 2.47. The Labute approximate surface area is 113 Å². The first-order valence-electron chi connectivity index (χ1n) is 6.53. The van der Waals surface area contributed by atoms with E-state index in [1.807, 2.05) is 37.4 Å². The molecule has 0 aliphatic rings. The van der Waals surface area contributed by atoms with Crippen LogP contribution in [0.25, 0.3) is 0 Å². The van der Waals surface area contributed by atoms with Crippen LogP contribution in [0, 0.1) is 0 Å². The van der Waals surface area contributed by atoms with Gasteiger partial charge in [-0.3, -0.25) is 0 Å². The highest BCUT2D eigenvalue weighted by molar-refractivity contribution is 5.48. The van der Waals surface area contributed by atoms with Crippen molar-refractivity contribution >= 4 is 5.82 Å². The molecule has 0 radical (unpaired) electrons. The number of aromatic nitrogens is 2. The molecule has 0 amide bonds. The fourth-order valence-electron chi connectivity index (χ4n) is 1.94. The maximum atomic E-state index is 5.83. The van der Waals surface area contributed by atoms with E-state index in [-0.39, 0.29) is 0 Å². The molecule has 2 aromatic rings. The zero-order chi connectivity index (χ0) is 13.5. The predicted octanol–water partition coefficient (Wildman–Crippen LogP) is 3.05. The van der Waals surface area contributed by atoms with E-state index in [0.717, 1.165) is 29.8 Å². The third-order valence-corrected chi connectivity index (χ3v) is 2.86. The van der Waals surface area contributed by atoms with Gasteiger partial charge in [0, 0.05) is 7.05 Å². The minimum Gasteiger partial charge on any atom is -0.472 e. The van der Waals surface area contributed by atoms with Crippen molar-refractivity contribution in [3.8, 4) is 5.88 Å². The van der Waals surface area contributed by atoms with Crippen molar-refractivity contribution in [2.24, 2.45) is 0 Å². The smallest absolute Gasteiger partial charge is 0.222 e. The van der Waals surface area contributed by atoms with Gasteiger partial charge in [-0.1, -0.05) is 43.7 Å². The summed E-state index contributed by atoms with van der Waals surface area (Å²) < 4.78 is 5.83. The molecule has 0 fully saturated rings. The lowest BCUT2D eigenvalue weighted by Gasteiger charge is -2.12. The quantitative estimate of drug-likeness (QED) is 0.864. The predicted molar refractivity (Wildman–Crippen MR) is 76.3 cm³/mol. The zero-order valence-electron chi connectivity index (χ0n) is 11.4. The Morgan fingerprint density at radius 2 is 1.95 bits per heavy atom. The van der Waals surface area contributed by atoms with Gasteiger partial charge in [0.2, 0.25) is 5.88 Å². The molecule has 0 saturated heterocycles. The Morgan fingerprint density at radius 3 is 2.63 bits per heavy atom. The van der Waals surface area contributed by atoms with Crippen molar-refractivity contribution < 1.29 is 4.74 Å². The summed E-state index contributed by atoms with van der Waals surface area (Å²) >= 11 is 0. The third-order valence-electron chi connectivity index (χ3n) is 2.86. The maximum Gasteiger partial charge on any atom is 0.222 e. The Morgan fingerprint density at radius 1 is 1.16 bits per heavy atom. The molecule has 0 atom stereocenters. The first-order chi connectivity index (χ1) is 9.35. The number of ether oxygens (including phenoxy) is 1. The molecule has 0 bridgehead atoms. The Bertz CT molecular complexity index is 514. The van der Waals surface area contributed by atoms with Gasteiger partial charge < -0.3 is 10.1 Å². The minimum absolute atomic E-state index is 0.526. The highest BCUT2D eigenvalue weighted by Gasteiger charge is 2.10. The van der Waals surface area contributed by atoms with Gasteiger partial charge in [-0.2, -0.15) is 0 Å². The first kappa shape index (κ1) is 13.3. The zero-order valence-corrected chi connectivity index (χ0v) is 11.4. The molecule has 0 unspecified atom stereocenters. The normalized spacial score (nSPS) is 10.2. The minimum atomic E-state index is 0.526. The summed E-state index contributed by atoms with van der Waals surface area (Å²) in [5.41, 5.74) is 2.18. The molecule has 100 valence electrons. The Hall–Kier alpha value is -2.10. The highest BCUT2D eigenvalue weighted by Crippen LogP contribution is 2.23. The molecule has 0 spiro atoms. The van der Waals surface area contributed by atoms with Crippen LogP contribution in [0.1, 0.15) is 24.5 Å². The van der Waals surface area contributed by atoms with Crippen LogP contribution in [0.5, 0.6) is 5.88 Å². The monoisotopic (exact) mass is 257 g/mol. The van der Waals surface area contributed by atoms with Crippen molar-refractivity contribution in [2.45, 2.75) is 26.4 Å². The summed E-state index contributed by atoms with van der Waals surface area (Å²) in [6.07, 6.45) is 3.47. The van der Waals surface area contributed by atoms with Gasteiger partial charge in [0.25, 0.3) is 0 Å². The largest absolute Gasteiger partial charge is 0.472 e. The van der Waals surface area contributed by atoms with Crippen LogP contribution in [0.15, 0.2) is 36.7 Å². The summed E-state index contributed by atoms with van der Waals surface area (Å²) in [5.74, 6) is 1.52. The van der Waals surface area contributed by atoms with E-state index in [1.54, 1.807) is 0 Å². The molecule has 2 rings (SSSR count). The van der Waals surface area contributed by atoms with Gasteiger partial charge in [0.15, 0.2) is 0 Å². The van der Waals surface area contributed by atoms with Crippen molar-refractivity contribution in [3.05, 3.63) is 47.8 Å². The molecule has 1 heterocycles. The number of rotatable bonds is 6. The fraction of sp³-hybridized carbons (Fsp3) is 0.333. The topological polar surface area (TPSA) is 47.0 Å². The molecule has 4 nitrogen and oxygen atoms in total. The van der Waals surface area contributed by atoms with E-state index in [1.165, 1.54) is 6.33 Å². The Balaban J connectivity index is 2.15. The van der Waals surface area contributed by atoms with Crippen LogP contribution in [0.4, 0.5) is 5.82 Å². The van der Waals surface area contributed by atoms with Gasteiger partial charge in [0.05, 0.1) is 5.56 Å². The standard InChI is InChI=1S/C15H19N3O/c1-3-7-13-14(16-2)17-11-18-15(13)19-10-12-8-5-4-6-9-12/h4-6,8-9,11H,3,7,10H2,1-2H3,(H,16,17,18). The van der Waals surface area contributed by atoms with Crippen molar-refractivity contribution in [2.75, 3.05) is 12.4 Å². The van der Waals surface area contributed by atoms with Crippen LogP contribution >= 0.6 is 0 Å². The van der Waals surface area contributed by atoms with Gasteiger partial charge in [-0.15, -0.1) is 0 Å². The van der Waals surface area contributed by atoms with E-state index >= 15 is 0 Å². The number of hydrogen-bond donors (Lipinski definition) is 1. The number of nitrogens with one attached hydrogen (secondary N) is 1. The molecule has 1 N–H and O–H groups in total. The van der Waals surface area contributed by atoms with Crippen LogP contribution in [-0.4, -0.2) is 17.0 Å². The summed E-state index contributed by atoms with van der Waals surface area (Å²) in [7, 11) is 1.86. The first-order valence-corrected chi connectivity index (χ1v) is 6.53. The van der Waals surface area contributed by atoms with Gasteiger partial charge in [0.1, 0.15) is 18.8 Å². The molecular formula is C15H19N3O. The molecule has 4 heteroatoms. The van der Waals surface area contributed by atoms with Gasteiger partial charge in [-0.25, -0.2) is 9.97 Å². The summed E-state index contributed by atoms with van der Waals surface area (Å²) in [6.45, 7) is 2.66. The molecule has 1 aromatic carbocycles. The molecule has 0 saturated carbocycles. The molecule has 19 heavy (non-hydrogen) atoms. The lowest BCUT2D eigenvalue weighted by atomic mass is 10.1. The molecule has 0 aliphatic heterocycles. The fourth-order valence-corrected chi connectivity index (χ4v) is 1.94. The number of nitrogens with zero attached hydrogens (tertiary/aromatic N) is 2. The van der Waals surface area contributed by atoms with Crippen molar-refractivity contribution in [1.29, 1.82) is 0 Å².